The molecule has 0 heterocycles. The van der Waals surface area contributed by atoms with Gasteiger partial charge in [-0.3, -0.25) is 9.59 Å². The zero-order valence-electron chi connectivity index (χ0n) is 15.5. The molecule has 0 saturated heterocycles. The summed E-state index contributed by atoms with van der Waals surface area (Å²) < 4.78 is 10.5. The fourth-order valence-corrected chi connectivity index (χ4v) is 2.89. The van der Waals surface area contributed by atoms with Crippen LogP contribution in [0.25, 0.3) is 11.1 Å². The highest BCUT2D eigenvalue weighted by atomic mass is 16.6. The van der Waals surface area contributed by atoms with Crippen molar-refractivity contribution in [2.45, 2.75) is 33.6 Å². The van der Waals surface area contributed by atoms with Crippen LogP contribution in [0.4, 0.5) is 0 Å². The van der Waals surface area contributed by atoms with E-state index in [1.807, 2.05) is 50.2 Å². The van der Waals surface area contributed by atoms with Crippen LogP contribution < -0.4 is 4.74 Å². The summed E-state index contributed by atoms with van der Waals surface area (Å²) in [6, 6.07) is 11.5. The standard InChI is InChI=1S/C21H24O5/c1-13-11-19(26-10-9-25-16(4)22)12-14(2)20(13)18-7-5-17(6-8-18)15(3)21(23)24/h5-8,11-12,15H,9-10H2,1-4H3,(H,23,24). The molecule has 0 aliphatic rings. The van der Waals surface area contributed by atoms with Crippen molar-refractivity contribution in [2.75, 3.05) is 13.2 Å². The predicted molar refractivity (Wildman–Crippen MR) is 99.5 cm³/mol. The van der Waals surface area contributed by atoms with E-state index in [4.69, 9.17) is 14.6 Å². The van der Waals surface area contributed by atoms with Crippen LogP contribution >= 0.6 is 0 Å². The molecule has 0 spiro atoms. The number of ether oxygens (including phenoxy) is 2. The average Bonchev–Trinajstić information content (AvgIpc) is 2.58. The van der Waals surface area contributed by atoms with Gasteiger partial charge in [-0.05, 0) is 60.7 Å². The van der Waals surface area contributed by atoms with Crippen LogP contribution in [0.2, 0.25) is 0 Å². The van der Waals surface area contributed by atoms with Crippen molar-refractivity contribution in [1.29, 1.82) is 0 Å². The second-order valence-corrected chi connectivity index (χ2v) is 6.30. The van der Waals surface area contributed by atoms with Crippen molar-refractivity contribution in [2.24, 2.45) is 0 Å². The van der Waals surface area contributed by atoms with Crippen molar-refractivity contribution < 1.29 is 24.2 Å². The van der Waals surface area contributed by atoms with Crippen molar-refractivity contribution in [3.63, 3.8) is 0 Å². The Bertz CT molecular complexity index is 770. The number of hydrogen-bond acceptors (Lipinski definition) is 4. The minimum atomic E-state index is -0.833. The summed E-state index contributed by atoms with van der Waals surface area (Å²) in [6.07, 6.45) is 0. The van der Waals surface area contributed by atoms with Crippen LogP contribution in [0.15, 0.2) is 36.4 Å². The van der Waals surface area contributed by atoms with E-state index in [-0.39, 0.29) is 12.6 Å². The maximum absolute atomic E-state index is 11.1. The quantitative estimate of drug-likeness (QED) is 0.597. The number of carbonyl (C=O) groups is 2. The molecule has 0 saturated carbocycles. The Labute approximate surface area is 153 Å². The normalized spacial score (nSPS) is 11.7. The van der Waals surface area contributed by atoms with Gasteiger partial charge < -0.3 is 14.6 Å². The van der Waals surface area contributed by atoms with Gasteiger partial charge in [0.15, 0.2) is 0 Å². The molecule has 2 aromatic rings. The van der Waals surface area contributed by atoms with Crippen molar-refractivity contribution in [1.82, 2.24) is 0 Å². The Morgan fingerprint density at radius 1 is 1.04 bits per heavy atom. The highest BCUT2D eigenvalue weighted by Crippen LogP contribution is 2.32. The van der Waals surface area contributed by atoms with Gasteiger partial charge in [0.1, 0.15) is 19.0 Å². The average molecular weight is 356 g/mol. The highest BCUT2D eigenvalue weighted by molar-refractivity contribution is 5.77. The van der Waals surface area contributed by atoms with E-state index in [9.17, 15) is 9.59 Å². The molecule has 1 atom stereocenters. The SMILES string of the molecule is CC(=O)OCCOc1cc(C)c(-c2ccc(C(C)C(=O)O)cc2)c(C)c1. The van der Waals surface area contributed by atoms with Crippen LogP contribution in [0.1, 0.15) is 36.5 Å². The number of benzene rings is 2. The van der Waals surface area contributed by atoms with E-state index in [2.05, 4.69) is 0 Å². The summed E-state index contributed by atoms with van der Waals surface area (Å²) in [5, 5.41) is 9.12. The topological polar surface area (TPSA) is 72.8 Å². The van der Waals surface area contributed by atoms with Crippen molar-refractivity contribution >= 4 is 11.9 Å². The number of aliphatic carboxylic acids is 1. The minimum absolute atomic E-state index is 0.221. The third-order valence-electron chi connectivity index (χ3n) is 4.23. The first-order chi connectivity index (χ1) is 12.3. The Morgan fingerprint density at radius 3 is 2.12 bits per heavy atom. The third-order valence-corrected chi connectivity index (χ3v) is 4.23. The minimum Gasteiger partial charge on any atom is -0.490 e. The molecular weight excluding hydrogens is 332 g/mol. The summed E-state index contributed by atoms with van der Waals surface area (Å²) in [5.41, 5.74) is 5.04. The largest absolute Gasteiger partial charge is 0.490 e. The molecule has 0 fully saturated rings. The molecule has 5 heteroatoms. The summed E-state index contributed by atoms with van der Waals surface area (Å²) in [5.74, 6) is -0.955. The number of hydrogen-bond donors (Lipinski definition) is 1. The van der Waals surface area contributed by atoms with E-state index < -0.39 is 11.9 Å². The number of esters is 1. The molecule has 0 aliphatic carbocycles. The van der Waals surface area contributed by atoms with E-state index in [0.717, 1.165) is 33.6 Å². The highest BCUT2D eigenvalue weighted by Gasteiger charge is 2.14. The van der Waals surface area contributed by atoms with Crippen LogP contribution in [-0.4, -0.2) is 30.3 Å². The van der Waals surface area contributed by atoms with E-state index in [0.29, 0.717) is 6.61 Å². The molecule has 1 N–H and O–H groups in total. The Hall–Kier alpha value is -2.82. The first kappa shape index (κ1) is 19.5. The lowest BCUT2D eigenvalue weighted by Gasteiger charge is -2.15. The van der Waals surface area contributed by atoms with Crippen molar-refractivity contribution in [3.05, 3.63) is 53.1 Å². The molecule has 2 aromatic carbocycles. The predicted octanol–water partition coefficient (Wildman–Crippen LogP) is 4.10. The lowest BCUT2D eigenvalue weighted by Crippen LogP contribution is -2.09. The van der Waals surface area contributed by atoms with Gasteiger partial charge in [-0.1, -0.05) is 24.3 Å². The van der Waals surface area contributed by atoms with Gasteiger partial charge in [0.2, 0.25) is 0 Å². The fraction of sp³-hybridized carbons (Fsp3) is 0.333. The third kappa shape index (κ3) is 4.85. The lowest BCUT2D eigenvalue weighted by atomic mass is 9.93. The molecule has 138 valence electrons. The van der Waals surface area contributed by atoms with Gasteiger partial charge in [-0.15, -0.1) is 0 Å². The fourth-order valence-electron chi connectivity index (χ4n) is 2.89. The first-order valence-corrected chi connectivity index (χ1v) is 8.50. The van der Waals surface area contributed by atoms with E-state index in [1.165, 1.54) is 6.92 Å². The second-order valence-electron chi connectivity index (χ2n) is 6.30. The molecule has 0 radical (unpaired) electrons. The summed E-state index contributed by atoms with van der Waals surface area (Å²) in [6.45, 7) is 7.59. The maximum atomic E-state index is 11.1. The van der Waals surface area contributed by atoms with Crippen LogP contribution in [0.3, 0.4) is 0 Å². The zero-order valence-corrected chi connectivity index (χ0v) is 15.5. The van der Waals surface area contributed by atoms with E-state index >= 15 is 0 Å². The zero-order chi connectivity index (χ0) is 19.3. The van der Waals surface area contributed by atoms with Crippen LogP contribution in [0, 0.1) is 13.8 Å². The van der Waals surface area contributed by atoms with Gasteiger partial charge in [0, 0.05) is 6.92 Å². The van der Waals surface area contributed by atoms with Crippen LogP contribution in [-0.2, 0) is 14.3 Å². The molecule has 2 rings (SSSR count). The number of aryl methyl sites for hydroxylation is 2. The first-order valence-electron chi connectivity index (χ1n) is 8.50. The summed E-state index contributed by atoms with van der Waals surface area (Å²) >= 11 is 0. The number of carbonyl (C=O) groups excluding carboxylic acids is 1. The molecule has 26 heavy (non-hydrogen) atoms. The van der Waals surface area contributed by atoms with Gasteiger partial charge in [0.05, 0.1) is 5.92 Å². The van der Waals surface area contributed by atoms with E-state index in [1.54, 1.807) is 6.92 Å². The molecule has 1 unspecified atom stereocenters. The Balaban J connectivity index is 2.17. The molecular formula is C21H24O5. The molecule has 0 amide bonds. The molecule has 5 nitrogen and oxygen atoms in total. The Kier molecular flexibility index (Phi) is 6.39. The van der Waals surface area contributed by atoms with Crippen molar-refractivity contribution in [3.8, 4) is 16.9 Å². The van der Waals surface area contributed by atoms with Gasteiger partial charge >= 0.3 is 11.9 Å². The summed E-state index contributed by atoms with van der Waals surface area (Å²) in [4.78, 5) is 21.9. The number of rotatable bonds is 7. The van der Waals surface area contributed by atoms with Gasteiger partial charge in [0.25, 0.3) is 0 Å². The van der Waals surface area contributed by atoms with Gasteiger partial charge in [-0.2, -0.15) is 0 Å². The Morgan fingerprint density at radius 2 is 1.62 bits per heavy atom. The molecule has 0 aliphatic heterocycles. The molecule has 0 bridgehead atoms. The monoisotopic (exact) mass is 356 g/mol. The number of carboxylic acids is 1. The second kappa shape index (κ2) is 8.52. The smallest absolute Gasteiger partial charge is 0.310 e. The van der Waals surface area contributed by atoms with Gasteiger partial charge in [-0.25, -0.2) is 0 Å². The lowest BCUT2D eigenvalue weighted by molar-refractivity contribution is -0.141. The molecule has 0 aromatic heterocycles. The van der Waals surface area contributed by atoms with Crippen LogP contribution in [0.5, 0.6) is 5.75 Å². The summed E-state index contributed by atoms with van der Waals surface area (Å²) in [7, 11) is 0. The maximum Gasteiger partial charge on any atom is 0.310 e. The number of carboxylic acid groups (broad SMARTS) is 1.